The second-order valence-electron chi connectivity index (χ2n) is 6.14. The van der Waals surface area contributed by atoms with Gasteiger partial charge >= 0.3 is 0 Å². The second-order valence-corrected chi connectivity index (χ2v) is 6.14. The Morgan fingerprint density at radius 3 is 2.59 bits per heavy atom. The summed E-state index contributed by atoms with van der Waals surface area (Å²) < 4.78 is 16.2. The number of para-hydroxylation sites is 1. The maximum atomic E-state index is 13.0. The van der Waals surface area contributed by atoms with E-state index < -0.39 is 5.92 Å². The van der Waals surface area contributed by atoms with Crippen LogP contribution in [0.3, 0.4) is 0 Å². The molecule has 0 saturated heterocycles. The third-order valence-corrected chi connectivity index (χ3v) is 4.29. The molecule has 2 aromatic carbocycles. The van der Waals surface area contributed by atoms with Gasteiger partial charge in [-0.05, 0) is 37.3 Å². The first-order chi connectivity index (χ1) is 14.1. The topological polar surface area (TPSA) is 98.4 Å². The van der Waals surface area contributed by atoms with Crippen LogP contribution in [0.1, 0.15) is 6.92 Å². The fourth-order valence-electron chi connectivity index (χ4n) is 2.87. The summed E-state index contributed by atoms with van der Waals surface area (Å²) in [6, 6.07) is 14.6. The van der Waals surface area contributed by atoms with Crippen LogP contribution in [0.15, 0.2) is 65.6 Å². The van der Waals surface area contributed by atoms with E-state index in [-0.39, 0.29) is 11.7 Å². The minimum absolute atomic E-state index is 0.150. The molecule has 0 radical (unpaired) electrons. The Labute approximate surface area is 169 Å². The van der Waals surface area contributed by atoms with Gasteiger partial charge in [0.05, 0.1) is 32.2 Å². The molecule has 0 aliphatic carbocycles. The fraction of sp³-hybridized carbons (Fsp3) is 0.238. The predicted molar refractivity (Wildman–Crippen MR) is 112 cm³/mol. The van der Waals surface area contributed by atoms with E-state index >= 15 is 0 Å². The number of ether oxygens (including phenoxy) is 3. The van der Waals surface area contributed by atoms with Crippen molar-refractivity contribution >= 4 is 23.1 Å². The van der Waals surface area contributed by atoms with Crippen molar-refractivity contribution < 1.29 is 19.0 Å². The lowest BCUT2D eigenvalue weighted by Crippen LogP contribution is -2.40. The first kappa shape index (κ1) is 20.1. The van der Waals surface area contributed by atoms with Crippen molar-refractivity contribution in [1.29, 1.82) is 0 Å². The molecule has 0 aromatic heterocycles. The fourth-order valence-corrected chi connectivity index (χ4v) is 2.87. The molecule has 0 saturated carbocycles. The molecular weight excluding hydrogens is 372 g/mol. The Kier molecular flexibility index (Phi) is 6.23. The molecule has 1 heterocycles. The summed E-state index contributed by atoms with van der Waals surface area (Å²) in [5.74, 6) is 0.523. The number of hydrogen-bond donors (Lipinski definition) is 2. The summed E-state index contributed by atoms with van der Waals surface area (Å²) in [6.45, 7) is 2.28. The number of hydrogen-bond acceptors (Lipinski definition) is 7. The molecule has 1 aliphatic heterocycles. The first-order valence-electron chi connectivity index (χ1n) is 9.14. The predicted octanol–water partition coefficient (Wildman–Crippen LogP) is 2.93. The van der Waals surface area contributed by atoms with Crippen molar-refractivity contribution in [2.75, 3.05) is 31.2 Å². The van der Waals surface area contributed by atoms with Crippen molar-refractivity contribution in [3.05, 3.63) is 60.5 Å². The van der Waals surface area contributed by atoms with E-state index in [0.29, 0.717) is 29.7 Å². The van der Waals surface area contributed by atoms with Crippen LogP contribution in [0.5, 0.6) is 11.5 Å². The Hall–Kier alpha value is -3.68. The van der Waals surface area contributed by atoms with Gasteiger partial charge in [-0.3, -0.25) is 4.79 Å². The zero-order valence-electron chi connectivity index (χ0n) is 16.6. The summed E-state index contributed by atoms with van der Waals surface area (Å²) in [5.41, 5.74) is 7.39. The summed E-state index contributed by atoms with van der Waals surface area (Å²) >= 11 is 0. The summed E-state index contributed by atoms with van der Waals surface area (Å²) in [7, 11) is 3.08. The summed E-state index contributed by atoms with van der Waals surface area (Å²) in [6.07, 6.45) is 1.65. The van der Waals surface area contributed by atoms with Gasteiger partial charge < -0.3 is 25.3 Å². The molecule has 3 N–H and O–H groups in total. The van der Waals surface area contributed by atoms with Gasteiger partial charge in [0.2, 0.25) is 11.8 Å². The number of nitrogens with one attached hydrogen (secondary N) is 1. The molecule has 1 unspecified atom stereocenters. The number of methoxy groups -OCH3 is 2. The molecule has 3 rings (SSSR count). The minimum atomic E-state index is -0.799. The van der Waals surface area contributed by atoms with Crippen molar-refractivity contribution in [2.24, 2.45) is 16.8 Å². The van der Waals surface area contributed by atoms with Crippen LogP contribution in [0.25, 0.3) is 0 Å². The van der Waals surface area contributed by atoms with E-state index in [1.165, 1.54) is 7.11 Å². The molecule has 152 valence electrons. The van der Waals surface area contributed by atoms with Gasteiger partial charge in [-0.2, -0.15) is 10.1 Å². The van der Waals surface area contributed by atoms with Crippen molar-refractivity contribution in [3.63, 3.8) is 0 Å². The average molecular weight is 396 g/mol. The van der Waals surface area contributed by atoms with Gasteiger partial charge in [0.1, 0.15) is 23.3 Å². The number of carbonyl (C=O) groups excluding carboxylic acids is 1. The van der Waals surface area contributed by atoms with Gasteiger partial charge in [-0.15, -0.1) is 0 Å². The first-order valence-corrected chi connectivity index (χ1v) is 9.14. The number of hydrazone groups is 1. The molecule has 0 bridgehead atoms. The minimum Gasteiger partial charge on any atom is -0.497 e. The molecule has 29 heavy (non-hydrogen) atoms. The maximum Gasteiger partial charge on any atom is 0.239 e. The molecule has 1 aliphatic rings. The normalized spacial score (nSPS) is 15.8. The van der Waals surface area contributed by atoms with Crippen LogP contribution in [-0.4, -0.2) is 32.6 Å². The van der Waals surface area contributed by atoms with Crippen molar-refractivity contribution in [1.82, 2.24) is 0 Å². The summed E-state index contributed by atoms with van der Waals surface area (Å²) in [4.78, 5) is 13.0. The number of carbonyl (C=O) groups is 1. The zero-order valence-corrected chi connectivity index (χ0v) is 16.6. The SMILES string of the molecule is CCOC1=CC(C(=O)Nc2cc(OC)ccc2OC)C(N)=NN1c1ccccc1. The van der Waals surface area contributed by atoms with E-state index in [9.17, 15) is 4.79 Å². The number of anilines is 2. The Bertz CT molecular complexity index is 928. The van der Waals surface area contributed by atoms with Gasteiger partial charge in [0.15, 0.2) is 0 Å². The monoisotopic (exact) mass is 396 g/mol. The lowest BCUT2D eigenvalue weighted by atomic mass is 10.1. The standard InChI is InChI=1S/C21H24N4O4/c1-4-29-19-13-16(20(22)24-25(19)14-8-6-5-7-9-14)21(26)23-17-12-15(27-2)10-11-18(17)28-3/h5-13,16H,4H2,1-3H3,(H2,22,24)(H,23,26). The second kappa shape index (κ2) is 9.01. The van der Waals surface area contributed by atoms with Gasteiger partial charge in [-0.1, -0.05) is 18.2 Å². The lowest BCUT2D eigenvalue weighted by Gasteiger charge is -2.28. The number of nitrogens with zero attached hydrogens (tertiary/aromatic N) is 2. The van der Waals surface area contributed by atoms with Crippen molar-refractivity contribution in [2.45, 2.75) is 6.92 Å². The molecule has 8 heteroatoms. The third kappa shape index (κ3) is 4.43. The maximum absolute atomic E-state index is 13.0. The quantitative estimate of drug-likeness (QED) is 0.747. The van der Waals surface area contributed by atoms with Crippen LogP contribution in [0.4, 0.5) is 11.4 Å². The number of benzene rings is 2. The number of amides is 1. The van der Waals surface area contributed by atoms with Gasteiger partial charge in [0.25, 0.3) is 0 Å². The van der Waals surface area contributed by atoms with E-state index in [2.05, 4.69) is 10.4 Å². The van der Waals surface area contributed by atoms with E-state index in [1.54, 1.807) is 36.4 Å². The van der Waals surface area contributed by atoms with Crippen LogP contribution in [-0.2, 0) is 9.53 Å². The molecule has 0 spiro atoms. The Balaban J connectivity index is 1.88. The van der Waals surface area contributed by atoms with Crippen LogP contribution < -0.4 is 25.5 Å². The number of nitrogens with two attached hydrogens (primary N) is 1. The van der Waals surface area contributed by atoms with Crippen molar-refractivity contribution in [3.8, 4) is 11.5 Å². The van der Waals surface area contributed by atoms with Gasteiger partial charge in [-0.25, -0.2) is 0 Å². The smallest absolute Gasteiger partial charge is 0.239 e. The van der Waals surface area contributed by atoms with Crippen LogP contribution >= 0.6 is 0 Å². The molecular formula is C21H24N4O4. The summed E-state index contributed by atoms with van der Waals surface area (Å²) in [5, 5.41) is 8.80. The largest absolute Gasteiger partial charge is 0.497 e. The highest BCUT2D eigenvalue weighted by Crippen LogP contribution is 2.30. The molecule has 1 atom stereocenters. The highest BCUT2D eigenvalue weighted by atomic mass is 16.5. The molecule has 0 fully saturated rings. The van der Waals surface area contributed by atoms with Crippen LogP contribution in [0, 0.1) is 5.92 Å². The number of rotatable bonds is 7. The van der Waals surface area contributed by atoms with E-state index in [0.717, 1.165) is 5.69 Å². The van der Waals surface area contributed by atoms with E-state index in [4.69, 9.17) is 19.9 Å². The highest BCUT2D eigenvalue weighted by molar-refractivity contribution is 6.10. The zero-order chi connectivity index (χ0) is 20.8. The number of amidine groups is 1. The third-order valence-electron chi connectivity index (χ3n) is 4.29. The average Bonchev–Trinajstić information content (AvgIpc) is 2.75. The molecule has 8 nitrogen and oxygen atoms in total. The molecule has 2 aromatic rings. The highest BCUT2D eigenvalue weighted by Gasteiger charge is 2.30. The Morgan fingerprint density at radius 1 is 1.17 bits per heavy atom. The molecule has 1 amide bonds. The Morgan fingerprint density at radius 2 is 1.93 bits per heavy atom. The van der Waals surface area contributed by atoms with E-state index in [1.807, 2.05) is 37.3 Å². The van der Waals surface area contributed by atoms with Crippen LogP contribution in [0.2, 0.25) is 0 Å². The van der Waals surface area contributed by atoms with Gasteiger partial charge in [0, 0.05) is 6.07 Å². The lowest BCUT2D eigenvalue weighted by molar-refractivity contribution is -0.117.